The van der Waals surface area contributed by atoms with Crippen molar-refractivity contribution >= 4 is 39.8 Å². The van der Waals surface area contributed by atoms with Crippen molar-refractivity contribution in [2.75, 3.05) is 6.61 Å². The first-order valence-corrected chi connectivity index (χ1v) is 10.8. The molecule has 0 fully saturated rings. The standard InChI is InChI=1S/C25H17BrFNO5/c1-2-31-22-14-15(3-12-21(22)32-24(29)17-6-10-19(27)11-7-17)13-20-25(30)33-23(28-20)16-4-8-18(26)9-5-16/h3-14H,2H2,1H3/b20-13+. The first-order chi connectivity index (χ1) is 15.9. The van der Waals surface area contributed by atoms with Crippen LogP contribution in [0.25, 0.3) is 6.08 Å². The minimum Gasteiger partial charge on any atom is -0.490 e. The second-order valence-electron chi connectivity index (χ2n) is 6.88. The summed E-state index contributed by atoms with van der Waals surface area (Å²) in [7, 11) is 0. The first kappa shape index (κ1) is 22.4. The maximum atomic E-state index is 13.1. The van der Waals surface area contributed by atoms with Crippen molar-refractivity contribution in [2.45, 2.75) is 6.92 Å². The van der Waals surface area contributed by atoms with Crippen LogP contribution in [0.4, 0.5) is 4.39 Å². The number of nitrogens with zero attached hydrogens (tertiary/aromatic N) is 1. The van der Waals surface area contributed by atoms with Gasteiger partial charge in [0.2, 0.25) is 5.90 Å². The van der Waals surface area contributed by atoms with Gasteiger partial charge in [-0.3, -0.25) is 0 Å². The summed E-state index contributed by atoms with van der Waals surface area (Å²) in [5.41, 5.74) is 1.61. The zero-order chi connectivity index (χ0) is 23.4. The highest BCUT2D eigenvalue weighted by molar-refractivity contribution is 9.10. The molecule has 0 amide bonds. The predicted molar refractivity (Wildman–Crippen MR) is 124 cm³/mol. The van der Waals surface area contributed by atoms with Crippen LogP contribution in [0.2, 0.25) is 0 Å². The van der Waals surface area contributed by atoms with Crippen molar-refractivity contribution < 1.29 is 28.2 Å². The second-order valence-corrected chi connectivity index (χ2v) is 7.79. The highest BCUT2D eigenvalue weighted by Gasteiger charge is 2.24. The lowest BCUT2D eigenvalue weighted by molar-refractivity contribution is -0.129. The summed E-state index contributed by atoms with van der Waals surface area (Å²) in [5.74, 6) is -0.945. The lowest BCUT2D eigenvalue weighted by Gasteiger charge is -2.11. The number of hydrogen-bond acceptors (Lipinski definition) is 6. The van der Waals surface area contributed by atoms with Crippen LogP contribution >= 0.6 is 15.9 Å². The SMILES string of the molecule is CCOc1cc(/C=C2/N=C(c3ccc(Br)cc3)OC2=O)ccc1OC(=O)c1ccc(F)cc1. The van der Waals surface area contributed by atoms with E-state index in [0.717, 1.165) is 4.47 Å². The molecule has 1 heterocycles. The zero-order valence-electron chi connectivity index (χ0n) is 17.4. The molecule has 0 bridgehead atoms. The average Bonchev–Trinajstić information content (AvgIpc) is 3.16. The van der Waals surface area contributed by atoms with E-state index in [4.69, 9.17) is 14.2 Å². The molecular weight excluding hydrogens is 493 g/mol. The van der Waals surface area contributed by atoms with Gasteiger partial charge in [-0.1, -0.05) is 22.0 Å². The molecule has 0 unspecified atom stereocenters. The number of rotatable bonds is 6. The van der Waals surface area contributed by atoms with E-state index in [2.05, 4.69) is 20.9 Å². The number of hydrogen-bond donors (Lipinski definition) is 0. The van der Waals surface area contributed by atoms with Gasteiger partial charge in [0, 0.05) is 10.0 Å². The van der Waals surface area contributed by atoms with Crippen LogP contribution in [0.15, 0.2) is 81.9 Å². The Morgan fingerprint density at radius 2 is 1.79 bits per heavy atom. The third kappa shape index (κ3) is 5.35. The molecule has 166 valence electrons. The maximum Gasteiger partial charge on any atom is 0.363 e. The Balaban J connectivity index is 1.58. The molecule has 0 atom stereocenters. The summed E-state index contributed by atoms with van der Waals surface area (Å²) in [6.45, 7) is 2.12. The molecule has 4 rings (SSSR count). The summed E-state index contributed by atoms with van der Waals surface area (Å²) in [4.78, 5) is 29.0. The third-order valence-corrected chi connectivity index (χ3v) is 5.09. The van der Waals surface area contributed by atoms with Gasteiger partial charge in [-0.2, -0.15) is 0 Å². The fourth-order valence-corrected chi connectivity index (χ4v) is 3.26. The van der Waals surface area contributed by atoms with Gasteiger partial charge in [-0.15, -0.1) is 0 Å². The van der Waals surface area contributed by atoms with Crippen LogP contribution in [-0.2, 0) is 9.53 Å². The Morgan fingerprint density at radius 1 is 1.06 bits per heavy atom. The van der Waals surface area contributed by atoms with Gasteiger partial charge in [-0.25, -0.2) is 19.0 Å². The Bertz CT molecular complexity index is 1270. The number of esters is 2. The molecule has 0 N–H and O–H groups in total. The van der Waals surface area contributed by atoms with E-state index in [-0.39, 0.29) is 22.9 Å². The van der Waals surface area contributed by atoms with Crippen LogP contribution in [0, 0.1) is 5.82 Å². The van der Waals surface area contributed by atoms with Gasteiger partial charge in [-0.05, 0) is 79.2 Å². The first-order valence-electron chi connectivity index (χ1n) is 9.96. The highest BCUT2D eigenvalue weighted by Crippen LogP contribution is 2.31. The average molecular weight is 510 g/mol. The monoisotopic (exact) mass is 509 g/mol. The second kappa shape index (κ2) is 9.79. The molecule has 3 aromatic rings. The molecule has 0 aromatic heterocycles. The minimum absolute atomic E-state index is 0.131. The Labute approximate surface area is 197 Å². The summed E-state index contributed by atoms with van der Waals surface area (Å²) in [6.07, 6.45) is 1.56. The molecule has 1 aliphatic rings. The lowest BCUT2D eigenvalue weighted by atomic mass is 10.1. The van der Waals surface area contributed by atoms with E-state index in [1.165, 1.54) is 24.3 Å². The van der Waals surface area contributed by atoms with E-state index >= 15 is 0 Å². The molecular formula is C25H17BrFNO5. The fourth-order valence-electron chi connectivity index (χ4n) is 2.99. The third-order valence-electron chi connectivity index (χ3n) is 4.57. The number of carbonyl (C=O) groups is 2. The van der Waals surface area contributed by atoms with Crippen molar-refractivity contribution in [3.05, 3.63) is 99.4 Å². The van der Waals surface area contributed by atoms with Gasteiger partial charge in [0.15, 0.2) is 17.2 Å². The zero-order valence-corrected chi connectivity index (χ0v) is 19.0. The molecule has 6 nitrogen and oxygen atoms in total. The molecule has 0 radical (unpaired) electrons. The molecule has 33 heavy (non-hydrogen) atoms. The smallest absolute Gasteiger partial charge is 0.363 e. The number of ether oxygens (including phenoxy) is 3. The summed E-state index contributed by atoms with van der Waals surface area (Å²) in [5, 5.41) is 0. The quantitative estimate of drug-likeness (QED) is 0.247. The van der Waals surface area contributed by atoms with Crippen molar-refractivity contribution in [1.29, 1.82) is 0 Å². The molecule has 0 aliphatic carbocycles. The van der Waals surface area contributed by atoms with Crippen LogP contribution in [-0.4, -0.2) is 24.4 Å². The molecule has 3 aromatic carbocycles. The van der Waals surface area contributed by atoms with Crippen molar-refractivity contribution in [3.8, 4) is 11.5 Å². The number of cyclic esters (lactones) is 1. The Hall–Kier alpha value is -3.78. The van der Waals surface area contributed by atoms with Gasteiger partial charge in [0.05, 0.1) is 12.2 Å². The van der Waals surface area contributed by atoms with Crippen LogP contribution in [0.3, 0.4) is 0 Å². The van der Waals surface area contributed by atoms with E-state index in [9.17, 15) is 14.0 Å². The number of carbonyl (C=O) groups excluding carboxylic acids is 2. The van der Waals surface area contributed by atoms with Crippen molar-refractivity contribution in [2.24, 2.45) is 4.99 Å². The largest absolute Gasteiger partial charge is 0.490 e. The number of benzene rings is 3. The summed E-state index contributed by atoms with van der Waals surface area (Å²) in [6, 6.07) is 17.1. The van der Waals surface area contributed by atoms with E-state index < -0.39 is 17.8 Å². The maximum absolute atomic E-state index is 13.1. The molecule has 0 saturated heterocycles. The molecule has 0 saturated carbocycles. The highest BCUT2D eigenvalue weighted by atomic mass is 79.9. The van der Waals surface area contributed by atoms with Crippen LogP contribution in [0.5, 0.6) is 11.5 Å². The van der Waals surface area contributed by atoms with E-state index in [0.29, 0.717) is 23.5 Å². The van der Waals surface area contributed by atoms with Crippen LogP contribution in [0.1, 0.15) is 28.4 Å². The van der Waals surface area contributed by atoms with Gasteiger partial charge >= 0.3 is 11.9 Å². The number of aliphatic imine (C=N–C) groups is 1. The summed E-state index contributed by atoms with van der Waals surface area (Å²) < 4.78 is 30.3. The molecule has 1 aliphatic heterocycles. The Morgan fingerprint density at radius 3 is 2.48 bits per heavy atom. The van der Waals surface area contributed by atoms with E-state index in [1.807, 2.05) is 12.1 Å². The van der Waals surface area contributed by atoms with E-state index in [1.54, 1.807) is 43.3 Å². The normalized spacial score (nSPS) is 14.1. The van der Waals surface area contributed by atoms with Crippen LogP contribution < -0.4 is 9.47 Å². The van der Waals surface area contributed by atoms with Gasteiger partial charge < -0.3 is 14.2 Å². The van der Waals surface area contributed by atoms with Gasteiger partial charge in [0.25, 0.3) is 0 Å². The minimum atomic E-state index is -0.648. The molecule has 8 heteroatoms. The number of halogens is 2. The molecule has 0 spiro atoms. The topological polar surface area (TPSA) is 74.2 Å². The van der Waals surface area contributed by atoms with Gasteiger partial charge in [0.1, 0.15) is 5.82 Å². The predicted octanol–water partition coefficient (Wildman–Crippen LogP) is 5.55. The summed E-state index contributed by atoms with van der Waals surface area (Å²) >= 11 is 3.36. The van der Waals surface area contributed by atoms with Crippen molar-refractivity contribution in [3.63, 3.8) is 0 Å². The fraction of sp³-hybridized carbons (Fsp3) is 0.0800. The Kier molecular flexibility index (Phi) is 6.65. The lowest BCUT2D eigenvalue weighted by Crippen LogP contribution is -2.09. The van der Waals surface area contributed by atoms with Crippen molar-refractivity contribution in [1.82, 2.24) is 0 Å².